The van der Waals surface area contributed by atoms with E-state index in [4.69, 9.17) is 9.47 Å². The van der Waals surface area contributed by atoms with E-state index in [0.717, 1.165) is 0 Å². The van der Waals surface area contributed by atoms with Gasteiger partial charge in [-0.2, -0.15) is 0 Å². The molecule has 0 aromatic heterocycles. The van der Waals surface area contributed by atoms with Gasteiger partial charge in [-0.25, -0.2) is 0 Å². The lowest BCUT2D eigenvalue weighted by Gasteiger charge is -2.14. The largest absolute Gasteiger partial charge is 0.497 e. The highest BCUT2D eigenvalue weighted by Crippen LogP contribution is 2.29. The Morgan fingerprint density at radius 2 is 2.24 bits per heavy atom. The molecule has 0 saturated heterocycles. The molecule has 0 fully saturated rings. The number of carbonyl (C=O) groups excluding carboxylic acids is 1. The maximum atomic E-state index is 11.1. The minimum Gasteiger partial charge on any atom is -0.497 e. The molecule has 0 heterocycles. The molecular weight excluding hydrogens is 222 g/mol. The van der Waals surface area contributed by atoms with Crippen LogP contribution in [-0.2, 0) is 4.79 Å². The molecule has 5 heteroatoms. The SMILES string of the molecule is CNC(=O)COc1cc(OC)ccc1[C@@H](C)O. The second kappa shape index (κ2) is 6.10. The zero-order chi connectivity index (χ0) is 12.8. The Kier molecular flexibility index (Phi) is 4.78. The Labute approximate surface area is 100 Å². The Balaban J connectivity index is 2.89. The van der Waals surface area contributed by atoms with Crippen molar-refractivity contribution in [3.8, 4) is 11.5 Å². The van der Waals surface area contributed by atoms with Gasteiger partial charge in [0.05, 0.1) is 13.2 Å². The first-order valence-electron chi connectivity index (χ1n) is 5.28. The van der Waals surface area contributed by atoms with Gasteiger partial charge in [0.15, 0.2) is 6.61 Å². The number of hydrogen-bond donors (Lipinski definition) is 2. The number of methoxy groups -OCH3 is 1. The van der Waals surface area contributed by atoms with Gasteiger partial charge in [0, 0.05) is 18.7 Å². The van der Waals surface area contributed by atoms with E-state index < -0.39 is 6.10 Å². The summed E-state index contributed by atoms with van der Waals surface area (Å²) in [4.78, 5) is 11.1. The van der Waals surface area contributed by atoms with E-state index in [1.54, 1.807) is 32.2 Å². The first-order chi connectivity index (χ1) is 8.08. The number of likely N-dealkylation sites (N-methyl/N-ethyl adjacent to an activating group) is 1. The molecule has 0 aliphatic rings. The molecular formula is C12H17NO4. The van der Waals surface area contributed by atoms with Gasteiger partial charge in [0.2, 0.25) is 0 Å². The number of aliphatic hydroxyl groups is 1. The highest BCUT2D eigenvalue weighted by molar-refractivity contribution is 5.77. The van der Waals surface area contributed by atoms with Crippen molar-refractivity contribution in [1.82, 2.24) is 5.32 Å². The lowest BCUT2D eigenvalue weighted by molar-refractivity contribution is -0.122. The molecule has 0 aliphatic carbocycles. The van der Waals surface area contributed by atoms with Gasteiger partial charge in [0.1, 0.15) is 11.5 Å². The molecule has 0 saturated carbocycles. The highest BCUT2D eigenvalue weighted by atomic mass is 16.5. The number of benzene rings is 1. The number of carbonyl (C=O) groups is 1. The maximum Gasteiger partial charge on any atom is 0.257 e. The van der Waals surface area contributed by atoms with Crippen LogP contribution in [0.2, 0.25) is 0 Å². The van der Waals surface area contributed by atoms with Gasteiger partial charge in [0.25, 0.3) is 5.91 Å². The third kappa shape index (κ3) is 3.64. The van der Waals surface area contributed by atoms with Crippen LogP contribution < -0.4 is 14.8 Å². The van der Waals surface area contributed by atoms with Crippen molar-refractivity contribution in [2.24, 2.45) is 0 Å². The zero-order valence-corrected chi connectivity index (χ0v) is 10.2. The van der Waals surface area contributed by atoms with Crippen molar-refractivity contribution < 1.29 is 19.4 Å². The Morgan fingerprint density at radius 3 is 2.76 bits per heavy atom. The van der Waals surface area contributed by atoms with Gasteiger partial charge >= 0.3 is 0 Å². The van der Waals surface area contributed by atoms with Gasteiger partial charge in [-0.3, -0.25) is 4.79 Å². The van der Waals surface area contributed by atoms with Crippen molar-refractivity contribution in [3.63, 3.8) is 0 Å². The lowest BCUT2D eigenvalue weighted by atomic mass is 10.1. The predicted octanol–water partition coefficient (Wildman–Crippen LogP) is 0.873. The van der Waals surface area contributed by atoms with Gasteiger partial charge < -0.3 is 19.9 Å². The minimum atomic E-state index is -0.666. The zero-order valence-electron chi connectivity index (χ0n) is 10.2. The summed E-state index contributed by atoms with van der Waals surface area (Å²) in [5.74, 6) is 0.827. The molecule has 1 aromatic rings. The summed E-state index contributed by atoms with van der Waals surface area (Å²) in [6.07, 6.45) is -0.666. The van der Waals surface area contributed by atoms with Crippen LogP contribution in [0.25, 0.3) is 0 Å². The van der Waals surface area contributed by atoms with E-state index in [9.17, 15) is 9.90 Å². The molecule has 2 N–H and O–H groups in total. The van der Waals surface area contributed by atoms with Crippen LogP contribution in [0, 0.1) is 0 Å². The average molecular weight is 239 g/mol. The molecule has 5 nitrogen and oxygen atoms in total. The molecule has 1 aromatic carbocycles. The van der Waals surface area contributed by atoms with E-state index in [-0.39, 0.29) is 12.5 Å². The fourth-order valence-corrected chi connectivity index (χ4v) is 1.33. The number of amides is 1. The van der Waals surface area contributed by atoms with Crippen LogP contribution >= 0.6 is 0 Å². The number of rotatable bonds is 5. The van der Waals surface area contributed by atoms with Crippen molar-refractivity contribution >= 4 is 5.91 Å². The molecule has 1 amide bonds. The number of ether oxygens (including phenoxy) is 2. The summed E-state index contributed by atoms with van der Waals surface area (Å²) in [6, 6.07) is 5.09. The van der Waals surface area contributed by atoms with E-state index >= 15 is 0 Å². The number of aliphatic hydroxyl groups excluding tert-OH is 1. The van der Waals surface area contributed by atoms with Crippen molar-refractivity contribution in [2.45, 2.75) is 13.0 Å². The Morgan fingerprint density at radius 1 is 1.53 bits per heavy atom. The van der Waals surface area contributed by atoms with E-state index in [2.05, 4.69) is 5.32 Å². The van der Waals surface area contributed by atoms with Crippen LogP contribution in [0.1, 0.15) is 18.6 Å². The van der Waals surface area contributed by atoms with Gasteiger partial charge in [-0.05, 0) is 19.1 Å². The maximum absolute atomic E-state index is 11.1. The molecule has 0 spiro atoms. The van der Waals surface area contributed by atoms with Crippen LogP contribution in [0.3, 0.4) is 0 Å². The smallest absolute Gasteiger partial charge is 0.257 e. The fraction of sp³-hybridized carbons (Fsp3) is 0.417. The molecule has 1 atom stereocenters. The summed E-state index contributed by atoms with van der Waals surface area (Å²) in [5.41, 5.74) is 0.620. The van der Waals surface area contributed by atoms with Gasteiger partial charge in [-0.15, -0.1) is 0 Å². The molecule has 94 valence electrons. The molecule has 0 aliphatic heterocycles. The minimum absolute atomic E-state index is 0.0939. The summed E-state index contributed by atoms with van der Waals surface area (Å²) < 4.78 is 10.4. The molecule has 0 unspecified atom stereocenters. The second-order valence-corrected chi connectivity index (χ2v) is 3.54. The fourth-order valence-electron chi connectivity index (χ4n) is 1.33. The standard InChI is InChI=1S/C12H17NO4/c1-8(14)10-5-4-9(16-3)6-11(10)17-7-12(15)13-2/h4-6,8,14H,7H2,1-3H3,(H,13,15)/t8-/m1/s1. The molecule has 0 radical (unpaired) electrons. The second-order valence-electron chi connectivity index (χ2n) is 3.54. The van der Waals surface area contributed by atoms with E-state index in [1.807, 2.05) is 0 Å². The van der Waals surface area contributed by atoms with E-state index in [1.165, 1.54) is 7.05 Å². The summed E-state index contributed by atoms with van der Waals surface area (Å²) in [6.45, 7) is 1.54. The van der Waals surface area contributed by atoms with Crippen LogP contribution in [-0.4, -0.2) is 31.8 Å². The van der Waals surface area contributed by atoms with Crippen LogP contribution in [0.5, 0.6) is 11.5 Å². The van der Waals surface area contributed by atoms with Crippen molar-refractivity contribution in [1.29, 1.82) is 0 Å². The molecule has 0 bridgehead atoms. The summed E-state index contributed by atoms with van der Waals surface area (Å²) in [5, 5.41) is 12.0. The van der Waals surface area contributed by atoms with Crippen LogP contribution in [0.4, 0.5) is 0 Å². The van der Waals surface area contributed by atoms with Crippen LogP contribution in [0.15, 0.2) is 18.2 Å². The monoisotopic (exact) mass is 239 g/mol. The summed E-state index contributed by atoms with van der Waals surface area (Å²) in [7, 11) is 3.08. The lowest BCUT2D eigenvalue weighted by Crippen LogP contribution is -2.25. The Hall–Kier alpha value is -1.75. The first kappa shape index (κ1) is 13.3. The first-order valence-corrected chi connectivity index (χ1v) is 5.28. The highest BCUT2D eigenvalue weighted by Gasteiger charge is 2.11. The third-order valence-corrected chi connectivity index (χ3v) is 2.31. The quantitative estimate of drug-likeness (QED) is 0.800. The predicted molar refractivity (Wildman–Crippen MR) is 63.2 cm³/mol. The normalized spacial score (nSPS) is 11.8. The number of hydrogen-bond acceptors (Lipinski definition) is 4. The van der Waals surface area contributed by atoms with Crippen molar-refractivity contribution in [3.05, 3.63) is 23.8 Å². The number of nitrogens with one attached hydrogen (secondary N) is 1. The third-order valence-electron chi connectivity index (χ3n) is 2.31. The Bertz CT molecular complexity index is 390. The average Bonchev–Trinajstić information content (AvgIpc) is 2.35. The summed E-state index contributed by atoms with van der Waals surface area (Å²) >= 11 is 0. The molecule has 1 rings (SSSR count). The topological polar surface area (TPSA) is 67.8 Å². The van der Waals surface area contributed by atoms with E-state index in [0.29, 0.717) is 17.1 Å². The van der Waals surface area contributed by atoms with Crippen molar-refractivity contribution in [2.75, 3.05) is 20.8 Å². The molecule has 17 heavy (non-hydrogen) atoms. The van der Waals surface area contributed by atoms with Gasteiger partial charge in [-0.1, -0.05) is 0 Å².